The van der Waals surface area contributed by atoms with E-state index in [0.717, 1.165) is 16.5 Å². The molecular formula is C58H63F2NO10S4. The van der Waals surface area contributed by atoms with Crippen molar-refractivity contribution in [1.82, 2.24) is 0 Å². The number of fused-ring (bicyclic) bond motifs is 2. The van der Waals surface area contributed by atoms with Crippen molar-refractivity contribution in [3.05, 3.63) is 188 Å². The Morgan fingerprint density at radius 2 is 0.733 bits per heavy atom. The van der Waals surface area contributed by atoms with E-state index in [0.29, 0.717) is 38.7 Å². The fraction of sp³-hybridized carbons (Fsp3) is 0.241. The van der Waals surface area contributed by atoms with Crippen LogP contribution in [0.1, 0.15) is 55.4 Å². The minimum atomic E-state index is -3.39. The van der Waals surface area contributed by atoms with E-state index < -0.39 is 66.2 Å². The SMILES string of the molecule is CC(C)S(=O)(=O)c1ccc(F)c2ccccc12.CC(C)S(=O)(=O)c1cccc(Oc2ccc(F)cc2)c1.CC(C)S(=O)(=O)c1cccc(Oc2ccccc2)c1.CC(C)S(=O)(=O)c1cccc2c(N(C)C)cccc12. The zero-order valence-corrected chi connectivity index (χ0v) is 46.7. The third kappa shape index (κ3) is 14.8. The largest absolute Gasteiger partial charge is 0.457 e. The summed E-state index contributed by atoms with van der Waals surface area (Å²) in [4.78, 5) is 3.12. The minimum absolute atomic E-state index is 0.199. The number of para-hydroxylation sites is 1. The van der Waals surface area contributed by atoms with E-state index in [2.05, 4.69) is 0 Å². The second kappa shape index (κ2) is 25.2. The predicted molar refractivity (Wildman–Crippen MR) is 297 cm³/mol. The Morgan fingerprint density at radius 3 is 1.21 bits per heavy atom. The van der Waals surface area contributed by atoms with Crippen LogP contribution in [0.25, 0.3) is 21.5 Å². The molecule has 0 N–H and O–H groups in total. The van der Waals surface area contributed by atoms with Gasteiger partial charge in [-0.2, -0.15) is 0 Å². The molecule has 0 aliphatic heterocycles. The molecule has 398 valence electrons. The first-order valence-electron chi connectivity index (χ1n) is 23.9. The second-order valence-electron chi connectivity index (χ2n) is 18.4. The van der Waals surface area contributed by atoms with Crippen molar-refractivity contribution >= 4 is 66.6 Å². The van der Waals surface area contributed by atoms with E-state index in [-0.39, 0.29) is 20.5 Å². The predicted octanol–water partition coefficient (Wildman–Crippen LogP) is 13.7. The van der Waals surface area contributed by atoms with Crippen molar-refractivity contribution in [3.8, 4) is 23.0 Å². The highest BCUT2D eigenvalue weighted by atomic mass is 32.2. The monoisotopic (exact) mass is 1100 g/mol. The molecule has 0 aliphatic carbocycles. The average molecular weight is 1100 g/mol. The first-order valence-corrected chi connectivity index (χ1v) is 30.1. The van der Waals surface area contributed by atoms with Crippen molar-refractivity contribution in [1.29, 1.82) is 0 Å². The van der Waals surface area contributed by atoms with E-state index in [4.69, 9.17) is 9.47 Å². The third-order valence-corrected chi connectivity index (χ3v) is 20.3. The maximum absolute atomic E-state index is 13.6. The van der Waals surface area contributed by atoms with Crippen molar-refractivity contribution in [2.24, 2.45) is 0 Å². The number of anilines is 1. The standard InChI is InChI=1S/C15H15FO3S.C15H19NO2S.C15H16O3S.C13H13FO2S/c1-11(2)20(17,18)15-5-3-4-14(10-15)19-13-8-6-12(16)7-9-13;1-11(2)19(17,18)15-10-6-7-12-13(15)8-5-9-14(12)16(3)4;1-12(2)19(16,17)15-10-6-9-14(11-15)18-13-7-4-3-5-8-13;1-9(2)17(15,16)13-8-7-12(14)10-5-3-4-6-11(10)13/h3-11H,1-2H3;5-11H,1-4H3;3-12H,1-2H3;3-9H,1-2H3. The van der Waals surface area contributed by atoms with Crippen LogP contribution in [-0.2, 0) is 39.3 Å². The van der Waals surface area contributed by atoms with Gasteiger partial charge in [0.05, 0.1) is 40.6 Å². The summed E-state index contributed by atoms with van der Waals surface area (Å²) in [6, 6.07) is 48.1. The molecule has 17 heteroatoms. The highest BCUT2D eigenvalue weighted by molar-refractivity contribution is 7.93. The third-order valence-electron chi connectivity index (χ3n) is 11.6. The maximum Gasteiger partial charge on any atom is 0.181 e. The molecule has 0 heterocycles. The topological polar surface area (TPSA) is 158 Å². The lowest BCUT2D eigenvalue weighted by molar-refractivity contribution is 0.478. The van der Waals surface area contributed by atoms with Crippen LogP contribution in [0.4, 0.5) is 14.5 Å². The van der Waals surface area contributed by atoms with Gasteiger partial charge in [0.2, 0.25) is 0 Å². The Kier molecular flexibility index (Phi) is 19.9. The lowest BCUT2D eigenvalue weighted by Gasteiger charge is -2.17. The number of rotatable bonds is 13. The molecular weight excluding hydrogens is 1040 g/mol. The number of benzene rings is 8. The Morgan fingerprint density at radius 1 is 0.360 bits per heavy atom. The van der Waals surface area contributed by atoms with E-state index in [1.807, 2.05) is 79.7 Å². The van der Waals surface area contributed by atoms with Crippen LogP contribution < -0.4 is 14.4 Å². The fourth-order valence-corrected chi connectivity index (χ4v) is 11.8. The van der Waals surface area contributed by atoms with Gasteiger partial charge in [-0.25, -0.2) is 42.5 Å². The summed E-state index contributed by atoms with van der Waals surface area (Å²) in [5.74, 6) is 1.30. The van der Waals surface area contributed by atoms with Gasteiger partial charge in [-0.15, -0.1) is 0 Å². The Bertz CT molecular complexity index is 3680. The van der Waals surface area contributed by atoms with Crippen LogP contribution in [0.15, 0.2) is 196 Å². The molecule has 75 heavy (non-hydrogen) atoms. The lowest BCUT2D eigenvalue weighted by Crippen LogP contribution is -2.15. The molecule has 0 saturated carbocycles. The number of hydrogen-bond donors (Lipinski definition) is 0. The quantitative estimate of drug-likeness (QED) is 0.101. The molecule has 0 saturated heterocycles. The van der Waals surface area contributed by atoms with Gasteiger partial charge in [0.15, 0.2) is 39.3 Å². The highest BCUT2D eigenvalue weighted by Crippen LogP contribution is 2.33. The summed E-state index contributed by atoms with van der Waals surface area (Å²) < 4.78 is 135. The van der Waals surface area contributed by atoms with Crippen molar-refractivity contribution in [2.75, 3.05) is 19.0 Å². The molecule has 0 fully saturated rings. The first kappa shape index (κ1) is 59.2. The smallest absolute Gasteiger partial charge is 0.181 e. The van der Waals surface area contributed by atoms with Crippen molar-refractivity contribution in [3.63, 3.8) is 0 Å². The molecule has 0 aliphatic rings. The Hall–Kier alpha value is -6.66. The van der Waals surface area contributed by atoms with Gasteiger partial charge in [0, 0.05) is 41.3 Å². The molecule has 0 aromatic heterocycles. The summed E-state index contributed by atoms with van der Waals surface area (Å²) in [5.41, 5.74) is 1.03. The minimum Gasteiger partial charge on any atom is -0.457 e. The van der Waals surface area contributed by atoms with Gasteiger partial charge in [0.1, 0.15) is 34.6 Å². The van der Waals surface area contributed by atoms with Crippen LogP contribution in [0.3, 0.4) is 0 Å². The number of halogens is 2. The summed E-state index contributed by atoms with van der Waals surface area (Å²) in [5, 5.41) is 0.674. The van der Waals surface area contributed by atoms with Crippen LogP contribution in [0.2, 0.25) is 0 Å². The molecule has 0 amide bonds. The maximum atomic E-state index is 13.6. The number of hydrogen-bond acceptors (Lipinski definition) is 11. The molecule has 8 aromatic rings. The van der Waals surface area contributed by atoms with Gasteiger partial charge in [-0.3, -0.25) is 0 Å². The normalized spacial score (nSPS) is 11.8. The van der Waals surface area contributed by atoms with Gasteiger partial charge in [-0.05, 0) is 152 Å². The van der Waals surface area contributed by atoms with Gasteiger partial charge in [0.25, 0.3) is 0 Å². The highest BCUT2D eigenvalue weighted by Gasteiger charge is 2.24. The van der Waals surface area contributed by atoms with Gasteiger partial charge >= 0.3 is 0 Å². The summed E-state index contributed by atoms with van der Waals surface area (Å²) >= 11 is 0. The van der Waals surface area contributed by atoms with Crippen LogP contribution in [0.5, 0.6) is 23.0 Å². The number of sulfone groups is 4. The summed E-state index contributed by atoms with van der Waals surface area (Å²) in [6.45, 7) is 13.3. The Labute approximate surface area is 441 Å². The van der Waals surface area contributed by atoms with Crippen molar-refractivity contribution < 1.29 is 51.9 Å². The first-order chi connectivity index (χ1) is 35.2. The number of nitrogens with zero attached hydrogens (tertiary/aromatic N) is 1. The lowest BCUT2D eigenvalue weighted by atomic mass is 10.1. The van der Waals surface area contributed by atoms with E-state index >= 15 is 0 Å². The van der Waals surface area contributed by atoms with Crippen LogP contribution in [0, 0.1) is 11.6 Å². The van der Waals surface area contributed by atoms with E-state index in [1.54, 1.807) is 122 Å². The summed E-state index contributed by atoms with van der Waals surface area (Å²) in [6.07, 6.45) is 0. The molecule has 0 spiro atoms. The zero-order chi connectivity index (χ0) is 55.5. The number of ether oxygens (including phenoxy) is 2. The summed E-state index contributed by atoms with van der Waals surface area (Å²) in [7, 11) is -9.35. The molecule has 8 aromatic carbocycles. The van der Waals surface area contributed by atoms with Gasteiger partial charge in [-0.1, -0.05) is 78.9 Å². The molecule has 0 atom stereocenters. The van der Waals surface area contributed by atoms with Crippen LogP contribution in [-0.4, -0.2) is 68.8 Å². The second-order valence-corrected chi connectivity index (χ2v) is 28.4. The molecule has 0 radical (unpaired) electrons. The van der Waals surface area contributed by atoms with E-state index in [1.165, 1.54) is 48.5 Å². The Balaban J connectivity index is 0.000000185. The zero-order valence-electron chi connectivity index (χ0n) is 43.5. The van der Waals surface area contributed by atoms with Gasteiger partial charge < -0.3 is 14.4 Å². The van der Waals surface area contributed by atoms with Crippen molar-refractivity contribution in [2.45, 2.75) is 96.0 Å². The van der Waals surface area contributed by atoms with E-state index in [9.17, 15) is 42.5 Å². The van der Waals surface area contributed by atoms with Crippen LogP contribution >= 0.6 is 0 Å². The molecule has 0 unspecified atom stereocenters. The average Bonchev–Trinajstić information content (AvgIpc) is 3.37. The molecule has 8 rings (SSSR count). The fourth-order valence-electron chi connectivity index (χ4n) is 7.13. The molecule has 11 nitrogen and oxygen atoms in total. The molecule has 0 bridgehead atoms.